The van der Waals surface area contributed by atoms with Crippen LogP contribution in [0.1, 0.15) is 27.7 Å². The Morgan fingerprint density at radius 3 is 2.20 bits per heavy atom. The maximum atomic E-state index is 11.6. The van der Waals surface area contributed by atoms with Crippen molar-refractivity contribution >= 4 is 11.9 Å². The van der Waals surface area contributed by atoms with Gasteiger partial charge in [-0.1, -0.05) is 0 Å². The molecule has 0 spiro atoms. The van der Waals surface area contributed by atoms with E-state index in [0.717, 1.165) is 0 Å². The largest absolute Gasteiger partial charge is 0.480 e. The van der Waals surface area contributed by atoms with Crippen LogP contribution >= 0.6 is 0 Å². The molecule has 0 radical (unpaired) electrons. The highest BCUT2D eigenvalue weighted by Gasteiger charge is 2.17. The molecule has 2 N–H and O–H groups in total. The molecule has 0 aromatic heterocycles. The summed E-state index contributed by atoms with van der Waals surface area (Å²) in [7, 11) is 0. The second-order valence-electron chi connectivity index (χ2n) is 4.41. The second kappa shape index (κ2) is 5.70. The van der Waals surface area contributed by atoms with Crippen LogP contribution < -0.4 is 5.32 Å². The van der Waals surface area contributed by atoms with E-state index in [1.54, 1.807) is 6.92 Å². The predicted octanol–water partition coefficient (Wildman–Crippen LogP) is 0.308. The molecule has 0 fully saturated rings. The van der Waals surface area contributed by atoms with Crippen LogP contribution in [0.25, 0.3) is 0 Å². The lowest BCUT2D eigenvalue weighted by atomic mass is 10.1. The van der Waals surface area contributed by atoms with E-state index in [4.69, 9.17) is 5.11 Å². The molecule has 0 rings (SSSR count). The number of likely N-dealkylation sites (N-methyl/N-ethyl adjacent to an activating group) is 1. The number of amides is 1. The second-order valence-corrected chi connectivity index (χ2v) is 4.41. The van der Waals surface area contributed by atoms with Crippen LogP contribution in [-0.2, 0) is 9.59 Å². The quantitative estimate of drug-likeness (QED) is 0.694. The summed E-state index contributed by atoms with van der Waals surface area (Å²) in [4.78, 5) is 23.3. The van der Waals surface area contributed by atoms with Gasteiger partial charge in [-0.05, 0) is 27.7 Å². The van der Waals surface area contributed by atoms with Gasteiger partial charge in [-0.3, -0.25) is 9.59 Å². The highest BCUT2D eigenvalue weighted by molar-refractivity contribution is 5.82. The summed E-state index contributed by atoms with van der Waals surface area (Å²) < 4.78 is 0. The molecule has 5 nitrogen and oxygen atoms in total. The fourth-order valence-electron chi connectivity index (χ4n) is 0.992. The van der Waals surface area contributed by atoms with Crippen molar-refractivity contribution in [3.05, 3.63) is 0 Å². The Bertz CT molecular complexity index is 233. The molecule has 0 unspecified atom stereocenters. The van der Waals surface area contributed by atoms with E-state index in [9.17, 15) is 9.59 Å². The molecule has 1 amide bonds. The molecule has 0 aromatic rings. The molecular weight excluding hydrogens is 196 g/mol. The molecule has 0 aliphatic heterocycles. The van der Waals surface area contributed by atoms with Crippen LogP contribution in [0, 0.1) is 0 Å². The van der Waals surface area contributed by atoms with Crippen molar-refractivity contribution in [3.8, 4) is 0 Å². The summed E-state index contributed by atoms with van der Waals surface area (Å²) in [6.07, 6.45) is 0. The number of carbonyl (C=O) groups is 2. The van der Waals surface area contributed by atoms with E-state index in [2.05, 4.69) is 5.32 Å². The van der Waals surface area contributed by atoms with Gasteiger partial charge in [0.2, 0.25) is 5.91 Å². The Balaban J connectivity index is 4.11. The highest BCUT2D eigenvalue weighted by atomic mass is 16.4. The zero-order chi connectivity index (χ0) is 12.1. The third-order valence-electron chi connectivity index (χ3n) is 1.83. The molecule has 88 valence electrons. The molecule has 0 saturated carbocycles. The van der Waals surface area contributed by atoms with Crippen LogP contribution in [0.15, 0.2) is 0 Å². The van der Waals surface area contributed by atoms with Gasteiger partial charge in [0.15, 0.2) is 0 Å². The molecule has 0 saturated heterocycles. The monoisotopic (exact) mass is 216 g/mol. The highest BCUT2D eigenvalue weighted by Crippen LogP contribution is 1.98. The zero-order valence-corrected chi connectivity index (χ0v) is 9.83. The Labute approximate surface area is 90.5 Å². The van der Waals surface area contributed by atoms with Gasteiger partial charge in [0, 0.05) is 12.1 Å². The minimum absolute atomic E-state index is 0.141. The fourth-order valence-corrected chi connectivity index (χ4v) is 0.992. The Morgan fingerprint density at radius 2 is 1.87 bits per heavy atom. The van der Waals surface area contributed by atoms with Gasteiger partial charge in [-0.25, -0.2) is 0 Å². The van der Waals surface area contributed by atoms with E-state index in [1.165, 1.54) is 4.90 Å². The average Bonchev–Trinajstić information content (AvgIpc) is 2.08. The first-order chi connectivity index (χ1) is 6.76. The maximum Gasteiger partial charge on any atom is 0.323 e. The van der Waals surface area contributed by atoms with Gasteiger partial charge in [-0.2, -0.15) is 0 Å². The van der Waals surface area contributed by atoms with E-state index >= 15 is 0 Å². The minimum Gasteiger partial charge on any atom is -0.480 e. The van der Waals surface area contributed by atoms with Crippen molar-refractivity contribution in [2.45, 2.75) is 33.2 Å². The molecule has 0 aliphatic carbocycles. The number of hydrogen-bond donors (Lipinski definition) is 2. The van der Waals surface area contributed by atoms with Crippen molar-refractivity contribution in [1.82, 2.24) is 10.2 Å². The Kier molecular flexibility index (Phi) is 5.28. The molecule has 15 heavy (non-hydrogen) atoms. The van der Waals surface area contributed by atoms with E-state index in [0.29, 0.717) is 6.54 Å². The van der Waals surface area contributed by atoms with Gasteiger partial charge in [0.25, 0.3) is 0 Å². The Morgan fingerprint density at radius 1 is 1.33 bits per heavy atom. The first kappa shape index (κ1) is 13.9. The third kappa shape index (κ3) is 6.90. The predicted molar refractivity (Wildman–Crippen MR) is 57.6 cm³/mol. The standard InChI is InChI=1S/C10H20N2O3/c1-5-12(7-9(14)15)8(13)6-11-10(2,3)4/h11H,5-7H2,1-4H3,(H,14,15). The molecule has 0 atom stereocenters. The van der Waals surface area contributed by atoms with E-state index < -0.39 is 5.97 Å². The Hall–Kier alpha value is -1.10. The smallest absolute Gasteiger partial charge is 0.323 e. The van der Waals surface area contributed by atoms with Crippen molar-refractivity contribution in [3.63, 3.8) is 0 Å². The summed E-state index contributed by atoms with van der Waals surface area (Å²) in [6, 6.07) is 0. The van der Waals surface area contributed by atoms with E-state index in [-0.39, 0.29) is 24.5 Å². The number of nitrogens with one attached hydrogen (secondary N) is 1. The molecule has 0 aliphatic rings. The number of rotatable bonds is 5. The SMILES string of the molecule is CCN(CC(=O)O)C(=O)CNC(C)(C)C. The number of aliphatic carboxylic acids is 1. The van der Waals surface area contributed by atoms with Crippen molar-refractivity contribution in [2.24, 2.45) is 0 Å². The summed E-state index contributed by atoms with van der Waals surface area (Å²) in [5.74, 6) is -1.17. The van der Waals surface area contributed by atoms with Gasteiger partial charge >= 0.3 is 5.97 Å². The van der Waals surface area contributed by atoms with Crippen molar-refractivity contribution in [2.75, 3.05) is 19.6 Å². The first-order valence-electron chi connectivity index (χ1n) is 5.01. The molecule has 0 aromatic carbocycles. The molecular formula is C10H20N2O3. The minimum atomic E-state index is -0.985. The average molecular weight is 216 g/mol. The summed E-state index contributed by atoms with van der Waals surface area (Å²) in [5.41, 5.74) is -0.141. The third-order valence-corrected chi connectivity index (χ3v) is 1.83. The van der Waals surface area contributed by atoms with Gasteiger partial charge in [-0.15, -0.1) is 0 Å². The topological polar surface area (TPSA) is 69.6 Å². The van der Waals surface area contributed by atoms with Crippen LogP contribution in [0.4, 0.5) is 0 Å². The summed E-state index contributed by atoms with van der Waals surface area (Å²) in [6.45, 7) is 7.97. The van der Waals surface area contributed by atoms with Gasteiger partial charge in [0.1, 0.15) is 6.54 Å². The number of carboxylic acids is 1. The van der Waals surface area contributed by atoms with E-state index in [1.807, 2.05) is 20.8 Å². The number of carboxylic acid groups (broad SMARTS) is 1. The number of carbonyl (C=O) groups excluding carboxylic acids is 1. The number of nitrogens with zero attached hydrogens (tertiary/aromatic N) is 1. The lowest BCUT2D eigenvalue weighted by Crippen LogP contribution is -2.46. The maximum absolute atomic E-state index is 11.6. The normalized spacial score (nSPS) is 11.2. The molecule has 5 heteroatoms. The molecule has 0 heterocycles. The van der Waals surface area contributed by atoms with Gasteiger partial charge in [0.05, 0.1) is 6.54 Å². The lowest BCUT2D eigenvalue weighted by Gasteiger charge is -2.24. The summed E-state index contributed by atoms with van der Waals surface area (Å²) >= 11 is 0. The molecule has 0 bridgehead atoms. The van der Waals surface area contributed by atoms with Crippen molar-refractivity contribution < 1.29 is 14.7 Å². The fraction of sp³-hybridized carbons (Fsp3) is 0.800. The number of hydrogen-bond acceptors (Lipinski definition) is 3. The van der Waals surface area contributed by atoms with Crippen LogP contribution in [0.5, 0.6) is 0 Å². The van der Waals surface area contributed by atoms with Gasteiger partial charge < -0.3 is 15.3 Å². The summed E-state index contributed by atoms with van der Waals surface area (Å²) in [5, 5.41) is 11.6. The van der Waals surface area contributed by atoms with Crippen molar-refractivity contribution in [1.29, 1.82) is 0 Å². The van der Waals surface area contributed by atoms with Crippen LogP contribution in [0.2, 0.25) is 0 Å². The van der Waals surface area contributed by atoms with Crippen LogP contribution in [-0.4, -0.2) is 47.1 Å². The van der Waals surface area contributed by atoms with Crippen LogP contribution in [0.3, 0.4) is 0 Å². The lowest BCUT2D eigenvalue weighted by molar-refractivity contribution is -0.144. The zero-order valence-electron chi connectivity index (χ0n) is 9.83. The first-order valence-corrected chi connectivity index (χ1v) is 5.01.